The maximum atomic E-state index is 12.5. The highest BCUT2D eigenvalue weighted by Gasteiger charge is 2.14. The molecule has 2 N–H and O–H groups in total. The molecule has 2 aromatic heterocycles. The fourth-order valence-electron chi connectivity index (χ4n) is 3.79. The van der Waals surface area contributed by atoms with Gasteiger partial charge >= 0.3 is 0 Å². The molecule has 0 aliphatic carbocycles. The lowest BCUT2D eigenvalue weighted by Gasteiger charge is -2.15. The minimum atomic E-state index is -0.0951. The van der Waals surface area contributed by atoms with Gasteiger partial charge in [0.25, 0.3) is 0 Å². The molecule has 0 atom stereocenters. The average Bonchev–Trinajstić information content (AvgIpc) is 3.40. The second kappa shape index (κ2) is 10.9. The molecule has 1 amide bonds. The Kier molecular flexibility index (Phi) is 7.54. The standard InChI is InChI=1S/C27H28N4O2S/c1-4-21-22(5-2)30-26(19-14-15-34-17-19)31-27(21)28-20-12-10-18(11-13-20)16-25(32)29-23-8-6-7-9-24(23)33-3/h6-15,17H,4-5,16H2,1-3H3,(H,29,32)(H,28,30,31). The first-order valence-corrected chi connectivity index (χ1v) is 12.3. The number of nitrogens with one attached hydrogen (secondary N) is 2. The Morgan fingerprint density at radius 2 is 1.79 bits per heavy atom. The van der Waals surface area contributed by atoms with Gasteiger partial charge in [0.05, 0.1) is 19.2 Å². The number of rotatable bonds is 9. The van der Waals surface area contributed by atoms with E-state index in [0.717, 1.165) is 52.6 Å². The summed E-state index contributed by atoms with van der Waals surface area (Å²) in [5.74, 6) is 2.11. The smallest absolute Gasteiger partial charge is 0.228 e. The van der Waals surface area contributed by atoms with Crippen molar-refractivity contribution in [2.75, 3.05) is 17.7 Å². The zero-order valence-corrected chi connectivity index (χ0v) is 20.4. The van der Waals surface area contributed by atoms with E-state index in [4.69, 9.17) is 14.7 Å². The molecule has 6 nitrogen and oxygen atoms in total. The van der Waals surface area contributed by atoms with Crippen LogP contribution >= 0.6 is 11.3 Å². The van der Waals surface area contributed by atoms with Crippen molar-refractivity contribution < 1.29 is 9.53 Å². The van der Waals surface area contributed by atoms with Crippen LogP contribution in [0.2, 0.25) is 0 Å². The van der Waals surface area contributed by atoms with Crippen molar-refractivity contribution in [1.82, 2.24) is 9.97 Å². The minimum Gasteiger partial charge on any atom is -0.495 e. The first-order chi connectivity index (χ1) is 16.6. The summed E-state index contributed by atoms with van der Waals surface area (Å²) in [6, 6.07) is 17.3. The molecule has 0 fully saturated rings. The third-order valence-electron chi connectivity index (χ3n) is 5.52. The van der Waals surface area contributed by atoms with Gasteiger partial charge in [0, 0.05) is 27.9 Å². The maximum absolute atomic E-state index is 12.5. The first kappa shape index (κ1) is 23.4. The number of aryl methyl sites for hydroxylation is 1. The number of hydrogen-bond donors (Lipinski definition) is 2. The largest absolute Gasteiger partial charge is 0.495 e. The van der Waals surface area contributed by atoms with E-state index in [2.05, 4.69) is 29.9 Å². The second-order valence-corrected chi connectivity index (χ2v) is 8.57. The van der Waals surface area contributed by atoms with Gasteiger partial charge in [-0.3, -0.25) is 4.79 Å². The van der Waals surface area contributed by atoms with Crippen molar-refractivity contribution in [2.45, 2.75) is 33.1 Å². The van der Waals surface area contributed by atoms with Gasteiger partial charge in [-0.1, -0.05) is 38.1 Å². The summed E-state index contributed by atoms with van der Waals surface area (Å²) in [6.07, 6.45) is 1.96. The SMILES string of the molecule is CCc1nc(-c2ccsc2)nc(Nc2ccc(CC(=O)Nc3ccccc3OC)cc2)c1CC. The van der Waals surface area contributed by atoms with E-state index < -0.39 is 0 Å². The molecule has 7 heteroatoms. The predicted octanol–water partition coefficient (Wildman–Crippen LogP) is 6.26. The second-order valence-electron chi connectivity index (χ2n) is 7.79. The Balaban J connectivity index is 1.49. The number of methoxy groups -OCH3 is 1. The van der Waals surface area contributed by atoms with Crippen molar-refractivity contribution >= 4 is 34.4 Å². The number of thiophene rings is 1. The summed E-state index contributed by atoms with van der Waals surface area (Å²) < 4.78 is 5.30. The number of carbonyl (C=O) groups excluding carboxylic acids is 1. The van der Waals surface area contributed by atoms with Gasteiger partial charge in [-0.05, 0) is 54.1 Å². The van der Waals surface area contributed by atoms with E-state index >= 15 is 0 Å². The van der Waals surface area contributed by atoms with Crippen molar-refractivity contribution in [2.24, 2.45) is 0 Å². The summed E-state index contributed by atoms with van der Waals surface area (Å²) in [5.41, 5.74) is 5.72. The summed E-state index contributed by atoms with van der Waals surface area (Å²) in [5, 5.41) is 10.5. The first-order valence-electron chi connectivity index (χ1n) is 11.3. The summed E-state index contributed by atoms with van der Waals surface area (Å²) in [6.45, 7) is 4.24. The summed E-state index contributed by atoms with van der Waals surface area (Å²) in [7, 11) is 1.59. The molecule has 0 saturated carbocycles. The number of hydrogen-bond acceptors (Lipinski definition) is 6. The molecule has 2 heterocycles. The van der Waals surface area contributed by atoms with Crippen LogP contribution in [0, 0.1) is 0 Å². The van der Waals surface area contributed by atoms with Crippen LogP contribution in [0.5, 0.6) is 5.75 Å². The van der Waals surface area contributed by atoms with Crippen molar-refractivity contribution in [1.29, 1.82) is 0 Å². The van der Waals surface area contributed by atoms with Crippen molar-refractivity contribution in [3.63, 3.8) is 0 Å². The van der Waals surface area contributed by atoms with E-state index in [-0.39, 0.29) is 12.3 Å². The van der Waals surface area contributed by atoms with E-state index in [9.17, 15) is 4.79 Å². The van der Waals surface area contributed by atoms with Crippen LogP contribution in [-0.2, 0) is 24.1 Å². The van der Waals surface area contributed by atoms with Gasteiger partial charge in [0.1, 0.15) is 11.6 Å². The van der Waals surface area contributed by atoms with Crippen LogP contribution in [0.3, 0.4) is 0 Å². The Bertz CT molecular complexity index is 1250. The van der Waals surface area contributed by atoms with Gasteiger partial charge in [0.15, 0.2) is 5.82 Å². The highest BCUT2D eigenvalue weighted by Crippen LogP contribution is 2.28. The minimum absolute atomic E-state index is 0.0951. The quantitative estimate of drug-likeness (QED) is 0.301. The molecule has 0 bridgehead atoms. The molecule has 4 aromatic rings. The zero-order chi connectivity index (χ0) is 23.9. The maximum Gasteiger partial charge on any atom is 0.228 e. The predicted molar refractivity (Wildman–Crippen MR) is 139 cm³/mol. The Hall–Kier alpha value is -3.71. The Morgan fingerprint density at radius 3 is 2.47 bits per heavy atom. The highest BCUT2D eigenvalue weighted by atomic mass is 32.1. The van der Waals surface area contributed by atoms with Gasteiger partial charge in [0.2, 0.25) is 5.91 Å². The number of para-hydroxylation sites is 2. The Labute approximate surface area is 204 Å². The molecule has 0 aliphatic rings. The zero-order valence-electron chi connectivity index (χ0n) is 19.6. The van der Waals surface area contributed by atoms with Crippen LogP contribution < -0.4 is 15.4 Å². The van der Waals surface area contributed by atoms with E-state index in [1.807, 2.05) is 60.0 Å². The third-order valence-corrected chi connectivity index (χ3v) is 6.21. The van der Waals surface area contributed by atoms with E-state index in [1.54, 1.807) is 18.4 Å². The summed E-state index contributed by atoms with van der Waals surface area (Å²) in [4.78, 5) is 22.2. The van der Waals surface area contributed by atoms with Gasteiger partial charge in [-0.2, -0.15) is 11.3 Å². The van der Waals surface area contributed by atoms with E-state index in [0.29, 0.717) is 11.4 Å². The molecule has 0 radical (unpaired) electrons. The van der Waals surface area contributed by atoms with E-state index in [1.165, 1.54) is 0 Å². The molecule has 2 aromatic carbocycles. The van der Waals surface area contributed by atoms with Crippen LogP contribution in [0.1, 0.15) is 30.7 Å². The molecule has 174 valence electrons. The number of anilines is 3. The van der Waals surface area contributed by atoms with Crippen LogP contribution in [0.15, 0.2) is 65.4 Å². The molecule has 0 unspecified atom stereocenters. The topological polar surface area (TPSA) is 76.1 Å². The lowest BCUT2D eigenvalue weighted by atomic mass is 10.1. The fraction of sp³-hybridized carbons (Fsp3) is 0.222. The number of ether oxygens (including phenoxy) is 1. The molecular formula is C27H28N4O2S. The number of nitrogens with zero attached hydrogens (tertiary/aromatic N) is 2. The number of aromatic nitrogens is 2. The molecule has 4 rings (SSSR count). The summed E-state index contributed by atoms with van der Waals surface area (Å²) >= 11 is 1.64. The van der Waals surface area contributed by atoms with Gasteiger partial charge in [-0.25, -0.2) is 9.97 Å². The lowest BCUT2D eigenvalue weighted by Crippen LogP contribution is -2.15. The van der Waals surface area contributed by atoms with Crippen LogP contribution in [0.25, 0.3) is 11.4 Å². The third kappa shape index (κ3) is 5.43. The molecule has 0 spiro atoms. The van der Waals surface area contributed by atoms with Gasteiger partial charge in [-0.15, -0.1) is 0 Å². The normalized spacial score (nSPS) is 10.7. The highest BCUT2D eigenvalue weighted by molar-refractivity contribution is 7.08. The van der Waals surface area contributed by atoms with Crippen LogP contribution in [-0.4, -0.2) is 23.0 Å². The fourth-order valence-corrected chi connectivity index (χ4v) is 4.42. The van der Waals surface area contributed by atoms with Crippen molar-refractivity contribution in [3.05, 3.63) is 82.2 Å². The van der Waals surface area contributed by atoms with Crippen molar-refractivity contribution in [3.8, 4) is 17.1 Å². The number of carbonyl (C=O) groups is 1. The number of benzene rings is 2. The molecular weight excluding hydrogens is 444 g/mol. The lowest BCUT2D eigenvalue weighted by molar-refractivity contribution is -0.115. The molecule has 0 aliphatic heterocycles. The monoisotopic (exact) mass is 472 g/mol. The van der Waals surface area contributed by atoms with Gasteiger partial charge < -0.3 is 15.4 Å². The number of amides is 1. The van der Waals surface area contributed by atoms with Crippen LogP contribution in [0.4, 0.5) is 17.2 Å². The molecule has 34 heavy (non-hydrogen) atoms. The Morgan fingerprint density at radius 1 is 1.00 bits per heavy atom. The molecule has 0 saturated heterocycles. The average molecular weight is 473 g/mol.